The number of benzene rings is 1. The molecule has 0 aromatic heterocycles. The maximum Gasteiger partial charge on any atom is 0.246 e. The topological polar surface area (TPSA) is 87.2 Å². The quantitative estimate of drug-likeness (QED) is 0.733. The summed E-state index contributed by atoms with van der Waals surface area (Å²) >= 11 is 0. The molecule has 0 unspecified atom stereocenters. The first-order valence-electron chi connectivity index (χ1n) is 9.69. The Balaban J connectivity index is 1.64. The van der Waals surface area contributed by atoms with Crippen LogP contribution in [0.1, 0.15) is 25.3 Å². The van der Waals surface area contributed by atoms with Gasteiger partial charge in [0.05, 0.1) is 18.1 Å². The molecule has 3 heterocycles. The molecule has 152 valence electrons. The van der Waals surface area contributed by atoms with Crippen LogP contribution >= 0.6 is 0 Å². The largest absolute Gasteiger partial charge is 0.378 e. The molecule has 3 aliphatic heterocycles. The van der Waals surface area contributed by atoms with Crippen molar-refractivity contribution in [2.45, 2.75) is 37.1 Å². The van der Waals surface area contributed by atoms with Crippen molar-refractivity contribution in [3.05, 3.63) is 23.8 Å². The molecule has 9 heteroatoms. The van der Waals surface area contributed by atoms with Gasteiger partial charge in [0.2, 0.25) is 21.8 Å². The molecule has 1 atom stereocenters. The molecule has 0 saturated carbocycles. The molecule has 28 heavy (non-hydrogen) atoms. The molecule has 0 N–H and O–H groups in total. The van der Waals surface area contributed by atoms with Crippen molar-refractivity contribution < 1.29 is 22.7 Å². The van der Waals surface area contributed by atoms with Gasteiger partial charge in [0, 0.05) is 45.2 Å². The minimum atomic E-state index is -3.54. The molecule has 0 spiro atoms. The van der Waals surface area contributed by atoms with Crippen molar-refractivity contribution in [2.24, 2.45) is 0 Å². The number of fused-ring (bicyclic) bond motifs is 1. The number of carbonyl (C=O) groups excluding carboxylic acids is 2. The Labute approximate surface area is 165 Å². The number of sulfonamides is 1. The highest BCUT2D eigenvalue weighted by molar-refractivity contribution is 7.89. The zero-order valence-corrected chi connectivity index (χ0v) is 16.8. The highest BCUT2D eigenvalue weighted by Gasteiger charge is 2.40. The molecule has 0 bridgehead atoms. The summed E-state index contributed by atoms with van der Waals surface area (Å²) in [6.07, 6.45) is 2.07. The summed E-state index contributed by atoms with van der Waals surface area (Å²) in [5.41, 5.74) is 1.35. The zero-order valence-electron chi connectivity index (χ0n) is 16.0. The van der Waals surface area contributed by atoms with E-state index in [2.05, 4.69) is 0 Å². The number of amides is 2. The van der Waals surface area contributed by atoms with Crippen LogP contribution in [0.15, 0.2) is 23.1 Å². The lowest BCUT2D eigenvalue weighted by molar-refractivity contribution is -0.137. The van der Waals surface area contributed by atoms with Gasteiger partial charge in [-0.2, -0.15) is 4.31 Å². The molecule has 2 amide bonds. The Hall–Kier alpha value is -1.97. The number of ether oxygens (including phenoxy) is 1. The summed E-state index contributed by atoms with van der Waals surface area (Å²) < 4.78 is 32.5. The number of hydrogen-bond donors (Lipinski definition) is 0. The van der Waals surface area contributed by atoms with Gasteiger partial charge in [-0.15, -0.1) is 0 Å². The van der Waals surface area contributed by atoms with Crippen LogP contribution in [0, 0.1) is 0 Å². The first kappa shape index (κ1) is 19.4. The Morgan fingerprint density at radius 3 is 2.39 bits per heavy atom. The van der Waals surface area contributed by atoms with Gasteiger partial charge in [-0.1, -0.05) is 0 Å². The van der Waals surface area contributed by atoms with E-state index >= 15 is 0 Å². The van der Waals surface area contributed by atoms with Gasteiger partial charge in [0.15, 0.2) is 0 Å². The number of carbonyl (C=O) groups is 2. The van der Waals surface area contributed by atoms with Gasteiger partial charge in [-0.3, -0.25) is 14.5 Å². The SMILES string of the molecule is CC(=O)N1c2ccc(S(=O)(=O)N3CCCC3)cc2C[C@H]1C(=O)N1CCOCC1. The standard InChI is InChI=1S/C19H25N3O5S/c1-14(23)22-17-5-4-16(28(25,26)21-6-2-3-7-21)12-15(17)13-18(22)19(24)20-8-10-27-11-9-20/h4-5,12,18H,2-3,6-11,13H2,1H3/t18-/m0/s1. The van der Waals surface area contributed by atoms with Crippen molar-refractivity contribution in [2.75, 3.05) is 44.3 Å². The van der Waals surface area contributed by atoms with Crippen LogP contribution in [-0.4, -0.2) is 74.9 Å². The van der Waals surface area contributed by atoms with Gasteiger partial charge in [-0.05, 0) is 36.6 Å². The zero-order chi connectivity index (χ0) is 19.9. The third kappa shape index (κ3) is 3.31. The summed E-state index contributed by atoms with van der Waals surface area (Å²) in [7, 11) is -3.54. The molecule has 8 nitrogen and oxygen atoms in total. The molecule has 2 saturated heterocycles. The maximum absolute atomic E-state index is 13.0. The van der Waals surface area contributed by atoms with E-state index in [4.69, 9.17) is 4.74 Å². The lowest BCUT2D eigenvalue weighted by Gasteiger charge is -2.32. The number of rotatable bonds is 3. The normalized spacial score (nSPS) is 23.1. The van der Waals surface area contributed by atoms with Crippen LogP contribution in [-0.2, 0) is 30.8 Å². The highest BCUT2D eigenvalue weighted by atomic mass is 32.2. The minimum Gasteiger partial charge on any atom is -0.378 e. The van der Waals surface area contributed by atoms with Crippen LogP contribution in [0.2, 0.25) is 0 Å². The van der Waals surface area contributed by atoms with Crippen LogP contribution in [0.5, 0.6) is 0 Å². The van der Waals surface area contributed by atoms with Crippen LogP contribution in [0.4, 0.5) is 5.69 Å². The van der Waals surface area contributed by atoms with Crippen molar-refractivity contribution in [3.8, 4) is 0 Å². The molecular weight excluding hydrogens is 382 g/mol. The first-order valence-corrected chi connectivity index (χ1v) is 11.1. The average Bonchev–Trinajstić information content (AvgIpc) is 3.35. The second-order valence-electron chi connectivity index (χ2n) is 7.45. The number of hydrogen-bond acceptors (Lipinski definition) is 5. The lowest BCUT2D eigenvalue weighted by Crippen LogP contribution is -2.52. The van der Waals surface area contributed by atoms with Gasteiger partial charge in [0.1, 0.15) is 6.04 Å². The van der Waals surface area contributed by atoms with Crippen molar-refractivity contribution >= 4 is 27.5 Å². The van der Waals surface area contributed by atoms with Crippen molar-refractivity contribution in [3.63, 3.8) is 0 Å². The highest BCUT2D eigenvalue weighted by Crippen LogP contribution is 2.36. The van der Waals surface area contributed by atoms with E-state index in [9.17, 15) is 18.0 Å². The number of nitrogens with zero attached hydrogens (tertiary/aromatic N) is 3. The lowest BCUT2D eigenvalue weighted by atomic mass is 10.1. The van der Waals surface area contributed by atoms with E-state index in [1.165, 1.54) is 16.1 Å². The first-order chi connectivity index (χ1) is 13.4. The Morgan fingerprint density at radius 2 is 1.75 bits per heavy atom. The summed E-state index contributed by atoms with van der Waals surface area (Å²) in [5, 5.41) is 0. The number of morpholine rings is 1. The van der Waals surface area contributed by atoms with E-state index in [1.54, 1.807) is 23.1 Å². The third-order valence-electron chi connectivity index (χ3n) is 5.69. The Morgan fingerprint density at radius 1 is 1.07 bits per heavy atom. The molecule has 1 aromatic rings. The Kier molecular flexibility index (Phi) is 5.15. The average molecular weight is 407 g/mol. The van der Waals surface area contributed by atoms with E-state index in [1.807, 2.05) is 0 Å². The third-order valence-corrected chi connectivity index (χ3v) is 7.58. The minimum absolute atomic E-state index is 0.112. The monoisotopic (exact) mass is 407 g/mol. The molecule has 4 rings (SSSR count). The fraction of sp³-hybridized carbons (Fsp3) is 0.579. The van der Waals surface area contributed by atoms with E-state index < -0.39 is 16.1 Å². The van der Waals surface area contributed by atoms with Gasteiger partial charge < -0.3 is 9.64 Å². The molecule has 2 fully saturated rings. The van der Waals surface area contributed by atoms with Crippen molar-refractivity contribution in [1.29, 1.82) is 0 Å². The molecule has 3 aliphatic rings. The molecule has 1 aromatic carbocycles. The number of anilines is 1. The van der Waals surface area contributed by atoms with Gasteiger partial charge in [-0.25, -0.2) is 8.42 Å². The van der Waals surface area contributed by atoms with Crippen LogP contribution < -0.4 is 4.90 Å². The fourth-order valence-electron chi connectivity index (χ4n) is 4.25. The van der Waals surface area contributed by atoms with Gasteiger partial charge >= 0.3 is 0 Å². The van der Waals surface area contributed by atoms with E-state index in [0.29, 0.717) is 51.5 Å². The van der Waals surface area contributed by atoms with Gasteiger partial charge in [0.25, 0.3) is 0 Å². The van der Waals surface area contributed by atoms with E-state index in [-0.39, 0.29) is 16.7 Å². The fourth-order valence-corrected chi connectivity index (χ4v) is 5.82. The smallest absolute Gasteiger partial charge is 0.246 e. The Bertz CT molecular complexity index is 889. The summed E-state index contributed by atoms with van der Waals surface area (Å²) in [4.78, 5) is 28.8. The van der Waals surface area contributed by atoms with Crippen LogP contribution in [0.25, 0.3) is 0 Å². The summed E-state index contributed by atoms with van der Waals surface area (Å²) in [6.45, 7) is 4.50. The molecule has 0 aliphatic carbocycles. The second kappa shape index (κ2) is 7.46. The summed E-state index contributed by atoms with van der Waals surface area (Å²) in [6, 6.07) is 4.21. The molecular formula is C19H25N3O5S. The van der Waals surface area contributed by atoms with E-state index in [0.717, 1.165) is 18.4 Å². The predicted octanol–water partition coefficient (Wildman–Crippen LogP) is 0.608. The maximum atomic E-state index is 13.0. The molecule has 0 radical (unpaired) electrons. The summed E-state index contributed by atoms with van der Waals surface area (Å²) in [5.74, 6) is -0.334. The second-order valence-corrected chi connectivity index (χ2v) is 9.39. The van der Waals surface area contributed by atoms with Crippen LogP contribution in [0.3, 0.4) is 0 Å². The predicted molar refractivity (Wildman–Crippen MR) is 102 cm³/mol. The van der Waals surface area contributed by atoms with Crippen molar-refractivity contribution in [1.82, 2.24) is 9.21 Å².